The second-order valence-electron chi connectivity index (χ2n) is 19.5. The van der Waals surface area contributed by atoms with Crippen LogP contribution in [0.2, 0.25) is 0 Å². The number of ketones is 1. The number of carbonyl (C=O) groups excluding carboxylic acids is 7. The number of aliphatic hydroxyl groups excluding tert-OH is 1. The fourth-order valence-electron chi connectivity index (χ4n) is 10.8. The molecule has 2 saturated carbocycles. The van der Waals surface area contributed by atoms with Crippen molar-refractivity contribution >= 4 is 41.5 Å². The molecule has 3 aromatic rings. The Hall–Kier alpha value is -6.27. The number of nitrogens with two attached hydrogens (primary N) is 1. The number of nitrogens with one attached hydrogen (secondary N) is 1. The van der Waals surface area contributed by atoms with Gasteiger partial charge in [-0.2, -0.15) is 0 Å². The molecule has 368 valence electrons. The van der Waals surface area contributed by atoms with E-state index < -0.39 is 131 Å². The van der Waals surface area contributed by atoms with Gasteiger partial charge in [-0.05, 0) is 60.7 Å². The Balaban J connectivity index is 1.43. The lowest BCUT2D eigenvalue weighted by Gasteiger charge is -2.67. The molecule has 3 aromatic carbocycles. The molecule has 0 radical (unpaired) electrons. The molecule has 0 spiro atoms. The monoisotopic (exact) mass is 952 g/mol. The van der Waals surface area contributed by atoms with E-state index in [9.17, 15) is 34.2 Å². The summed E-state index contributed by atoms with van der Waals surface area (Å²) in [5, 5.41) is 28.9. The zero-order valence-electron chi connectivity index (χ0n) is 39.8. The SMILES string of the molecule is CC(=O)O[C@H]1C(=O)[C@@]2(C)[C@H]([C@H](OC(=O)c3ccccc3)[C@]3(O)C[C@H](OC(=O)[C@H](OC(=O)[C@@H](N)C(C)C)[C@@H](NC(=O)c4ccccc4)c4ccccc4)C(C)=C1C3(C)C)[C@]1(OC(C)=O)CO[C@@H]1C[C@@H]2O. The Bertz CT molecular complexity index is 2510. The highest BCUT2D eigenvalue weighted by Crippen LogP contribution is 2.64. The highest BCUT2D eigenvalue weighted by Gasteiger charge is 2.78. The third kappa shape index (κ3) is 8.97. The minimum Gasteiger partial charge on any atom is -0.455 e. The quantitative estimate of drug-likeness (QED) is 0.106. The van der Waals surface area contributed by atoms with Crippen molar-refractivity contribution in [2.75, 3.05) is 6.61 Å². The van der Waals surface area contributed by atoms with Crippen LogP contribution in [0.25, 0.3) is 0 Å². The van der Waals surface area contributed by atoms with Gasteiger partial charge in [0, 0.05) is 37.7 Å². The first-order valence-electron chi connectivity index (χ1n) is 23.0. The van der Waals surface area contributed by atoms with Gasteiger partial charge in [0.25, 0.3) is 5.91 Å². The van der Waals surface area contributed by atoms with Gasteiger partial charge in [-0.25, -0.2) is 9.59 Å². The van der Waals surface area contributed by atoms with Crippen LogP contribution in [0.15, 0.2) is 102 Å². The number of aliphatic hydroxyl groups is 2. The van der Waals surface area contributed by atoms with Crippen molar-refractivity contribution in [3.8, 4) is 0 Å². The fourth-order valence-corrected chi connectivity index (χ4v) is 10.8. The topological polar surface area (TPSA) is 253 Å². The smallest absolute Gasteiger partial charge is 0.350 e. The summed E-state index contributed by atoms with van der Waals surface area (Å²) in [5.41, 5.74) is -1.14. The Morgan fingerprint density at radius 1 is 0.812 bits per heavy atom. The van der Waals surface area contributed by atoms with E-state index in [1.165, 1.54) is 26.0 Å². The van der Waals surface area contributed by atoms with Gasteiger partial charge < -0.3 is 49.7 Å². The largest absolute Gasteiger partial charge is 0.455 e. The molecule has 5 N–H and O–H groups in total. The van der Waals surface area contributed by atoms with E-state index in [0.717, 1.165) is 13.8 Å². The van der Waals surface area contributed by atoms with Gasteiger partial charge in [0.05, 0.1) is 29.6 Å². The molecule has 17 nitrogen and oxygen atoms in total. The zero-order chi connectivity index (χ0) is 50.4. The van der Waals surface area contributed by atoms with Gasteiger partial charge >= 0.3 is 29.8 Å². The number of hydrogen-bond donors (Lipinski definition) is 4. The predicted molar refractivity (Wildman–Crippen MR) is 244 cm³/mol. The van der Waals surface area contributed by atoms with Gasteiger partial charge in [-0.1, -0.05) is 94.4 Å². The fraction of sp³-hybridized carbons (Fsp3) is 0.481. The molecule has 0 aromatic heterocycles. The molecule has 12 atom stereocenters. The van der Waals surface area contributed by atoms with E-state index in [1.54, 1.807) is 107 Å². The molecule has 69 heavy (non-hydrogen) atoms. The Kier molecular flexibility index (Phi) is 14.1. The standard InChI is InChI=1S/C52H60N2O15/c1-27(2)38(53)47(61)67-41(39(31-18-12-9-13-19-31)54-45(59)32-20-14-10-15-21-32)48(62)66-34-25-52(63)44(68-46(60)33-22-16-11-17-23-33)42-50(8,35(57)24-36-51(42,26-64-36)69-30(5)56)43(58)40(65-29(4)55)37(28(34)3)49(52,6)7/h9-23,27,34-36,38-42,44,57,63H,24-26,53H2,1-8H3,(H,54,59)/t34-,35-,36+,38-,39-,40+,41+,42-,44-,50+,51-,52+/m0/s1. The van der Waals surface area contributed by atoms with Crippen molar-refractivity contribution < 1.29 is 72.2 Å². The second kappa shape index (κ2) is 19.3. The van der Waals surface area contributed by atoms with Gasteiger partial charge in [0.15, 0.2) is 17.5 Å². The normalized spacial score (nSPS) is 30.3. The first-order valence-corrected chi connectivity index (χ1v) is 23.0. The molecule has 17 heteroatoms. The van der Waals surface area contributed by atoms with Crippen molar-refractivity contribution in [3.63, 3.8) is 0 Å². The molecule has 4 aliphatic rings. The van der Waals surface area contributed by atoms with Crippen LogP contribution in [0.1, 0.15) is 101 Å². The molecule has 1 heterocycles. The summed E-state index contributed by atoms with van der Waals surface area (Å²) < 4.78 is 36.7. The zero-order valence-corrected chi connectivity index (χ0v) is 39.8. The van der Waals surface area contributed by atoms with Crippen LogP contribution in [-0.2, 0) is 52.4 Å². The maximum absolute atomic E-state index is 15.7. The van der Waals surface area contributed by atoms with Crippen molar-refractivity contribution in [2.45, 2.75) is 128 Å². The Labute approximate surface area is 400 Å². The third-order valence-corrected chi connectivity index (χ3v) is 14.7. The molecular formula is C52H60N2O15. The van der Waals surface area contributed by atoms with Crippen molar-refractivity contribution in [1.82, 2.24) is 5.32 Å². The molecular weight excluding hydrogens is 893 g/mol. The first kappa shape index (κ1) is 50.6. The predicted octanol–water partition coefficient (Wildman–Crippen LogP) is 4.27. The van der Waals surface area contributed by atoms with Gasteiger partial charge in [0.2, 0.25) is 6.10 Å². The molecule has 1 aliphatic heterocycles. The molecule has 2 bridgehead atoms. The van der Waals surface area contributed by atoms with Crippen LogP contribution in [0, 0.1) is 22.7 Å². The van der Waals surface area contributed by atoms with E-state index in [4.69, 9.17) is 34.2 Å². The van der Waals surface area contributed by atoms with Crippen LogP contribution in [-0.4, -0.2) is 112 Å². The minimum atomic E-state index is -2.46. The van der Waals surface area contributed by atoms with Crippen LogP contribution in [0.5, 0.6) is 0 Å². The first-order chi connectivity index (χ1) is 32.5. The lowest BCUT2D eigenvalue weighted by atomic mass is 9.44. The molecule has 1 amide bonds. The summed E-state index contributed by atoms with van der Waals surface area (Å²) in [6, 6.07) is 21.5. The lowest BCUT2D eigenvalue weighted by Crippen LogP contribution is -2.82. The Morgan fingerprint density at radius 2 is 1.39 bits per heavy atom. The van der Waals surface area contributed by atoms with Gasteiger partial charge in [-0.3, -0.25) is 24.0 Å². The number of carbonyl (C=O) groups is 7. The Morgan fingerprint density at radius 3 is 1.93 bits per heavy atom. The summed E-state index contributed by atoms with van der Waals surface area (Å²) in [4.78, 5) is 99.3. The van der Waals surface area contributed by atoms with Crippen LogP contribution < -0.4 is 11.1 Å². The van der Waals surface area contributed by atoms with E-state index in [-0.39, 0.29) is 35.3 Å². The second-order valence-corrected chi connectivity index (χ2v) is 19.5. The summed E-state index contributed by atoms with van der Waals surface area (Å²) >= 11 is 0. The molecule has 7 rings (SSSR count). The van der Waals surface area contributed by atoms with Crippen LogP contribution in [0.3, 0.4) is 0 Å². The van der Waals surface area contributed by atoms with Crippen molar-refractivity contribution in [1.29, 1.82) is 0 Å². The van der Waals surface area contributed by atoms with Gasteiger partial charge in [0.1, 0.15) is 36.0 Å². The number of ether oxygens (including phenoxy) is 6. The van der Waals surface area contributed by atoms with E-state index in [2.05, 4.69) is 5.32 Å². The average molecular weight is 953 g/mol. The van der Waals surface area contributed by atoms with Crippen molar-refractivity contribution in [2.24, 2.45) is 28.4 Å². The maximum atomic E-state index is 15.7. The number of benzene rings is 3. The molecule has 3 aliphatic carbocycles. The maximum Gasteiger partial charge on any atom is 0.350 e. The number of fused-ring (bicyclic) bond motifs is 5. The van der Waals surface area contributed by atoms with E-state index >= 15 is 9.59 Å². The van der Waals surface area contributed by atoms with Crippen molar-refractivity contribution in [3.05, 3.63) is 119 Å². The van der Waals surface area contributed by atoms with Crippen LogP contribution >= 0.6 is 0 Å². The third-order valence-electron chi connectivity index (χ3n) is 14.7. The molecule has 0 unspecified atom stereocenters. The van der Waals surface area contributed by atoms with E-state index in [1.807, 2.05) is 0 Å². The number of hydrogen-bond acceptors (Lipinski definition) is 16. The molecule has 3 fully saturated rings. The minimum absolute atomic E-state index is 0.0391. The highest BCUT2D eigenvalue weighted by atomic mass is 16.6. The summed E-state index contributed by atoms with van der Waals surface area (Å²) in [7, 11) is 0. The van der Waals surface area contributed by atoms with Crippen LogP contribution in [0.4, 0.5) is 0 Å². The average Bonchev–Trinajstić information content (AvgIpc) is 3.31. The summed E-state index contributed by atoms with van der Waals surface area (Å²) in [6.07, 6.45) is -10.8. The van der Waals surface area contributed by atoms with Gasteiger partial charge in [-0.15, -0.1) is 0 Å². The van der Waals surface area contributed by atoms with E-state index in [0.29, 0.717) is 5.56 Å². The number of Topliss-reactive ketones (excluding diaryl/α,β-unsaturated/α-hetero) is 1. The number of esters is 5. The summed E-state index contributed by atoms with van der Waals surface area (Å²) in [6.45, 7) is 11.2. The number of amides is 1. The lowest BCUT2D eigenvalue weighted by molar-refractivity contribution is -0.346. The number of rotatable bonds is 13. The molecule has 1 saturated heterocycles. The summed E-state index contributed by atoms with van der Waals surface area (Å²) in [5.74, 6) is -8.47. The highest BCUT2D eigenvalue weighted by molar-refractivity contribution is 5.96.